The fourth-order valence-electron chi connectivity index (χ4n) is 2.23. The van der Waals surface area contributed by atoms with Gasteiger partial charge in [0, 0.05) is 0 Å². The van der Waals surface area contributed by atoms with Crippen molar-refractivity contribution in [2.75, 3.05) is 13.2 Å². The topological polar surface area (TPSA) is 27.7 Å². The molecule has 0 atom stereocenters. The molecule has 2 heterocycles. The van der Waals surface area contributed by atoms with Gasteiger partial charge in [-0.15, -0.1) is 6.42 Å². The molecule has 0 saturated carbocycles. The quantitative estimate of drug-likeness (QED) is 0.445. The number of hydrogen-bond donors (Lipinski definition) is 0. The number of thiophene rings is 1. The predicted molar refractivity (Wildman–Crippen MR) is 92.7 cm³/mol. The van der Waals surface area contributed by atoms with Crippen molar-refractivity contribution < 1.29 is 18.4 Å². The highest BCUT2D eigenvalue weighted by Gasteiger charge is 2.53. The Labute approximate surface area is 142 Å². The zero-order chi connectivity index (χ0) is 17.1. The van der Waals surface area contributed by atoms with Gasteiger partial charge in [-0.2, -0.15) is 11.3 Å². The normalized spacial score (nSPS) is 20.3. The second-order valence-corrected chi connectivity index (χ2v) is 7.21. The Morgan fingerprint density at radius 2 is 2.00 bits per heavy atom. The molecule has 1 aromatic rings. The number of halogens is 1. The molecule has 1 aromatic heterocycles. The maximum atomic E-state index is 15.1. The molecule has 1 fully saturated rings. The molecular weight excluding hydrogens is 314 g/mol. The van der Waals surface area contributed by atoms with Gasteiger partial charge in [0.25, 0.3) is 0 Å². The molecule has 0 bridgehead atoms. The van der Waals surface area contributed by atoms with Crippen LogP contribution in [-0.4, -0.2) is 31.5 Å². The summed E-state index contributed by atoms with van der Waals surface area (Å²) in [6.45, 7) is 8.18. The summed E-state index contributed by atoms with van der Waals surface area (Å²) in [5.74, 6) is 2.40. The van der Waals surface area contributed by atoms with E-state index in [9.17, 15) is 0 Å². The monoisotopic (exact) mass is 336 g/mol. The molecule has 23 heavy (non-hydrogen) atoms. The molecule has 3 nitrogen and oxygen atoms in total. The van der Waals surface area contributed by atoms with E-state index >= 15 is 4.39 Å². The second-order valence-electron chi connectivity index (χ2n) is 6.43. The van der Waals surface area contributed by atoms with E-state index in [0.717, 1.165) is 5.56 Å². The zero-order valence-electron chi connectivity index (χ0n) is 14.0. The average Bonchev–Trinajstić information content (AvgIpc) is 3.05. The smallest absolute Gasteiger partial charge is 0.398 e. The summed E-state index contributed by atoms with van der Waals surface area (Å²) in [5.41, 5.74) is -0.177. The lowest BCUT2D eigenvalue weighted by molar-refractivity contribution is 0.00578. The van der Waals surface area contributed by atoms with Gasteiger partial charge in [-0.25, -0.2) is 4.39 Å². The third-order valence-electron chi connectivity index (χ3n) is 4.30. The first kappa shape index (κ1) is 18.2. The van der Waals surface area contributed by atoms with Crippen molar-refractivity contribution in [2.24, 2.45) is 0 Å². The van der Waals surface area contributed by atoms with Gasteiger partial charge in [0.15, 0.2) is 0 Å². The van der Waals surface area contributed by atoms with E-state index in [1.165, 1.54) is 11.3 Å². The minimum Gasteiger partial charge on any atom is -0.398 e. The minimum absolute atomic E-state index is 0.217. The van der Waals surface area contributed by atoms with Crippen LogP contribution in [0.15, 0.2) is 22.6 Å². The van der Waals surface area contributed by atoms with E-state index in [2.05, 4.69) is 5.92 Å². The van der Waals surface area contributed by atoms with Crippen molar-refractivity contribution in [1.29, 1.82) is 0 Å². The SMILES string of the molecule is C#CCOCCC(=C(F)B1OC(C)(C)C(C)(C)O1)c1ccsc1. The van der Waals surface area contributed by atoms with Crippen LogP contribution in [0.3, 0.4) is 0 Å². The largest absolute Gasteiger partial charge is 0.525 e. The van der Waals surface area contributed by atoms with Crippen LogP contribution in [0.5, 0.6) is 0 Å². The zero-order valence-corrected chi connectivity index (χ0v) is 14.8. The highest BCUT2D eigenvalue weighted by atomic mass is 32.1. The molecule has 0 radical (unpaired) electrons. The van der Waals surface area contributed by atoms with Gasteiger partial charge in [0.1, 0.15) is 12.3 Å². The summed E-state index contributed by atoms with van der Waals surface area (Å²) in [6.07, 6.45) is 5.57. The van der Waals surface area contributed by atoms with Gasteiger partial charge >= 0.3 is 7.12 Å². The Morgan fingerprint density at radius 3 is 2.52 bits per heavy atom. The van der Waals surface area contributed by atoms with Crippen LogP contribution in [0.2, 0.25) is 0 Å². The first-order valence-electron chi connectivity index (χ1n) is 7.56. The highest BCUT2D eigenvalue weighted by molar-refractivity contribution is 7.08. The number of rotatable bonds is 6. The minimum atomic E-state index is -0.998. The second kappa shape index (κ2) is 7.19. The van der Waals surface area contributed by atoms with Crippen molar-refractivity contribution in [2.45, 2.75) is 45.3 Å². The fraction of sp³-hybridized carbons (Fsp3) is 0.529. The van der Waals surface area contributed by atoms with Crippen LogP contribution >= 0.6 is 11.3 Å². The van der Waals surface area contributed by atoms with E-state index in [1.807, 2.05) is 44.5 Å². The summed E-state index contributed by atoms with van der Waals surface area (Å²) in [7, 11) is -0.998. The Hall–Kier alpha value is -1.13. The number of ether oxygens (including phenoxy) is 1. The van der Waals surface area contributed by atoms with Crippen LogP contribution in [0.25, 0.3) is 5.57 Å². The standard InChI is InChI=1S/C17H22BFO3S/c1-6-9-20-10-7-14(13-8-11-23-12-13)15(19)18-21-16(2,3)17(4,5)22-18/h1,8,11-12H,7,9-10H2,2-5H3. The van der Waals surface area contributed by atoms with E-state index in [-0.39, 0.29) is 6.61 Å². The average molecular weight is 336 g/mol. The molecule has 1 aliphatic heterocycles. The molecule has 0 spiro atoms. The maximum Gasteiger partial charge on any atom is 0.525 e. The Bertz CT molecular complexity index is 586. The Morgan fingerprint density at radius 1 is 1.35 bits per heavy atom. The predicted octanol–water partition coefficient (Wildman–Crippen LogP) is 4.10. The maximum absolute atomic E-state index is 15.1. The molecule has 124 valence electrons. The number of hydrogen-bond acceptors (Lipinski definition) is 4. The summed E-state index contributed by atoms with van der Waals surface area (Å²) >= 11 is 1.52. The lowest BCUT2D eigenvalue weighted by Gasteiger charge is -2.32. The van der Waals surface area contributed by atoms with E-state index in [0.29, 0.717) is 18.6 Å². The summed E-state index contributed by atoms with van der Waals surface area (Å²) in [6, 6.07) is 1.88. The molecule has 1 aliphatic rings. The van der Waals surface area contributed by atoms with Gasteiger partial charge in [-0.3, -0.25) is 0 Å². The van der Waals surface area contributed by atoms with Gasteiger partial charge in [-0.1, -0.05) is 5.92 Å². The van der Waals surface area contributed by atoms with Gasteiger partial charge in [-0.05, 0) is 62.1 Å². The first-order chi connectivity index (χ1) is 10.8. The van der Waals surface area contributed by atoms with Crippen LogP contribution in [-0.2, 0) is 14.0 Å². The number of terminal acetylenes is 1. The third-order valence-corrected chi connectivity index (χ3v) is 4.98. The first-order valence-corrected chi connectivity index (χ1v) is 8.51. The third kappa shape index (κ3) is 4.05. The molecule has 0 amide bonds. The molecule has 6 heteroatoms. The highest BCUT2D eigenvalue weighted by Crippen LogP contribution is 2.40. The molecule has 0 aliphatic carbocycles. The van der Waals surface area contributed by atoms with E-state index < -0.39 is 24.0 Å². The summed E-state index contributed by atoms with van der Waals surface area (Å²) in [5, 5.41) is 3.82. The molecule has 1 saturated heterocycles. The van der Waals surface area contributed by atoms with Crippen molar-refractivity contribution in [3.63, 3.8) is 0 Å². The van der Waals surface area contributed by atoms with Gasteiger partial charge in [0.2, 0.25) is 0 Å². The lowest BCUT2D eigenvalue weighted by Crippen LogP contribution is -2.41. The van der Waals surface area contributed by atoms with Crippen LogP contribution in [0.4, 0.5) is 4.39 Å². The molecule has 0 N–H and O–H groups in total. The van der Waals surface area contributed by atoms with Crippen LogP contribution in [0.1, 0.15) is 39.7 Å². The molecule has 0 aromatic carbocycles. The van der Waals surface area contributed by atoms with Crippen molar-refractivity contribution in [1.82, 2.24) is 0 Å². The summed E-state index contributed by atoms with van der Waals surface area (Å²) in [4.78, 5) is 0. The van der Waals surface area contributed by atoms with Crippen LogP contribution in [0, 0.1) is 12.3 Å². The van der Waals surface area contributed by atoms with Crippen molar-refractivity contribution in [3.05, 3.63) is 28.1 Å². The van der Waals surface area contributed by atoms with E-state index in [1.54, 1.807) is 0 Å². The van der Waals surface area contributed by atoms with Gasteiger partial charge < -0.3 is 14.0 Å². The van der Waals surface area contributed by atoms with Crippen LogP contribution < -0.4 is 0 Å². The molecule has 2 rings (SSSR count). The Kier molecular flexibility index (Phi) is 5.69. The molecule has 0 unspecified atom stereocenters. The van der Waals surface area contributed by atoms with Crippen molar-refractivity contribution >= 4 is 24.0 Å². The molecular formula is C17H22BFO3S. The van der Waals surface area contributed by atoms with E-state index in [4.69, 9.17) is 20.5 Å². The Balaban J connectivity index is 2.23. The van der Waals surface area contributed by atoms with Gasteiger partial charge in [0.05, 0.1) is 17.8 Å². The summed E-state index contributed by atoms with van der Waals surface area (Å²) < 4.78 is 32.0. The van der Waals surface area contributed by atoms with Crippen molar-refractivity contribution in [3.8, 4) is 12.3 Å². The lowest BCUT2D eigenvalue weighted by atomic mass is 9.82. The fourth-order valence-corrected chi connectivity index (χ4v) is 2.90.